The lowest BCUT2D eigenvalue weighted by Gasteiger charge is -2.22. The van der Waals surface area contributed by atoms with Crippen LogP contribution in [-0.4, -0.2) is 56.7 Å². The Balaban J connectivity index is 1.87. The van der Waals surface area contributed by atoms with Crippen molar-refractivity contribution in [1.29, 1.82) is 0 Å². The smallest absolute Gasteiger partial charge is 0.238 e. The van der Waals surface area contributed by atoms with Gasteiger partial charge in [-0.05, 0) is 25.7 Å². The summed E-state index contributed by atoms with van der Waals surface area (Å²) >= 11 is 0. The predicted molar refractivity (Wildman–Crippen MR) is 66.6 cm³/mol. The van der Waals surface area contributed by atoms with Gasteiger partial charge in [0.15, 0.2) is 0 Å². The molecule has 0 aromatic rings. The molecule has 2 heterocycles. The van der Waals surface area contributed by atoms with Gasteiger partial charge in [0.1, 0.15) is 6.04 Å². The molecule has 0 aromatic heterocycles. The van der Waals surface area contributed by atoms with Gasteiger partial charge >= 0.3 is 0 Å². The van der Waals surface area contributed by atoms with Crippen LogP contribution in [0.4, 0.5) is 0 Å². The third-order valence-electron chi connectivity index (χ3n) is 3.46. The Morgan fingerprint density at radius 2 is 2.17 bits per heavy atom. The molecule has 0 bridgehead atoms. The molecule has 0 saturated carbocycles. The molecule has 0 spiro atoms. The van der Waals surface area contributed by atoms with E-state index in [9.17, 15) is 13.2 Å². The van der Waals surface area contributed by atoms with Gasteiger partial charge in [0.2, 0.25) is 15.9 Å². The highest BCUT2D eigenvalue weighted by Gasteiger charge is 2.36. The normalized spacial score (nSPS) is 29.6. The van der Waals surface area contributed by atoms with E-state index in [0.29, 0.717) is 19.5 Å². The van der Waals surface area contributed by atoms with E-state index in [2.05, 4.69) is 5.32 Å². The quantitative estimate of drug-likeness (QED) is 0.765. The van der Waals surface area contributed by atoms with Crippen LogP contribution < -0.4 is 5.32 Å². The lowest BCUT2D eigenvalue weighted by molar-refractivity contribution is -0.124. The third kappa shape index (κ3) is 3.21. The van der Waals surface area contributed by atoms with Crippen molar-refractivity contribution in [2.75, 3.05) is 26.0 Å². The highest BCUT2D eigenvalue weighted by molar-refractivity contribution is 7.88. The van der Waals surface area contributed by atoms with Gasteiger partial charge in [-0.1, -0.05) is 0 Å². The van der Waals surface area contributed by atoms with E-state index in [1.807, 2.05) is 0 Å². The Kier molecular flexibility index (Phi) is 4.24. The van der Waals surface area contributed by atoms with Crippen molar-refractivity contribution in [3.8, 4) is 0 Å². The first-order valence-electron chi connectivity index (χ1n) is 6.34. The maximum Gasteiger partial charge on any atom is 0.238 e. The molecule has 0 aliphatic carbocycles. The van der Waals surface area contributed by atoms with Crippen molar-refractivity contribution in [3.05, 3.63) is 0 Å². The third-order valence-corrected chi connectivity index (χ3v) is 4.75. The summed E-state index contributed by atoms with van der Waals surface area (Å²) in [7, 11) is -3.29. The van der Waals surface area contributed by atoms with Crippen LogP contribution in [0.25, 0.3) is 0 Å². The molecule has 0 radical (unpaired) electrons. The van der Waals surface area contributed by atoms with E-state index in [0.717, 1.165) is 32.1 Å². The molecule has 7 heteroatoms. The molecule has 1 N–H and O–H groups in total. The molecule has 2 aliphatic heterocycles. The van der Waals surface area contributed by atoms with E-state index in [4.69, 9.17) is 4.74 Å². The average molecular weight is 276 g/mol. The lowest BCUT2D eigenvalue weighted by Crippen LogP contribution is -2.47. The van der Waals surface area contributed by atoms with Crippen LogP contribution in [0, 0.1) is 0 Å². The first-order chi connectivity index (χ1) is 8.48. The second kappa shape index (κ2) is 5.54. The molecule has 2 aliphatic rings. The highest BCUT2D eigenvalue weighted by atomic mass is 32.2. The van der Waals surface area contributed by atoms with Crippen LogP contribution in [0.1, 0.15) is 25.7 Å². The fourth-order valence-electron chi connectivity index (χ4n) is 2.54. The fourth-order valence-corrected chi connectivity index (χ4v) is 3.66. The lowest BCUT2D eigenvalue weighted by atomic mass is 10.2. The summed E-state index contributed by atoms with van der Waals surface area (Å²) in [5.74, 6) is -0.201. The van der Waals surface area contributed by atoms with E-state index < -0.39 is 16.1 Å². The van der Waals surface area contributed by atoms with E-state index in [1.54, 1.807) is 0 Å². The molecule has 2 saturated heterocycles. The zero-order chi connectivity index (χ0) is 13.2. The number of ether oxygens (including phenoxy) is 1. The van der Waals surface area contributed by atoms with Crippen molar-refractivity contribution >= 4 is 15.9 Å². The number of hydrogen-bond donors (Lipinski definition) is 1. The summed E-state index contributed by atoms with van der Waals surface area (Å²) in [5, 5.41) is 2.80. The van der Waals surface area contributed by atoms with Crippen molar-refractivity contribution in [2.24, 2.45) is 0 Å². The number of carbonyl (C=O) groups is 1. The summed E-state index contributed by atoms with van der Waals surface area (Å²) in [6.45, 7) is 1.67. The molecule has 2 atom stereocenters. The summed E-state index contributed by atoms with van der Waals surface area (Å²) in [5.41, 5.74) is 0. The molecule has 1 amide bonds. The number of rotatable bonds is 4. The van der Waals surface area contributed by atoms with Crippen molar-refractivity contribution in [1.82, 2.24) is 9.62 Å². The summed E-state index contributed by atoms with van der Waals surface area (Å²) in [6.07, 6.45) is 4.57. The average Bonchev–Trinajstić information content (AvgIpc) is 2.95. The SMILES string of the molecule is CS(=O)(=O)N1CCC[C@@H]1C(=O)NC[C@@H]1CCCO1. The summed E-state index contributed by atoms with van der Waals surface area (Å²) in [6, 6.07) is -0.540. The van der Waals surface area contributed by atoms with E-state index in [-0.39, 0.29) is 12.0 Å². The number of carbonyl (C=O) groups excluding carboxylic acids is 1. The maximum atomic E-state index is 12.0. The van der Waals surface area contributed by atoms with Gasteiger partial charge in [-0.3, -0.25) is 4.79 Å². The van der Waals surface area contributed by atoms with Gasteiger partial charge in [0.25, 0.3) is 0 Å². The van der Waals surface area contributed by atoms with E-state index >= 15 is 0 Å². The summed E-state index contributed by atoms with van der Waals surface area (Å²) < 4.78 is 29.8. The van der Waals surface area contributed by atoms with Gasteiger partial charge in [-0.2, -0.15) is 4.31 Å². The Morgan fingerprint density at radius 1 is 1.39 bits per heavy atom. The van der Waals surface area contributed by atoms with Crippen molar-refractivity contribution in [2.45, 2.75) is 37.8 Å². The second-order valence-corrected chi connectivity index (χ2v) is 6.85. The van der Waals surface area contributed by atoms with Crippen LogP contribution >= 0.6 is 0 Å². The Hall–Kier alpha value is -0.660. The molecule has 6 nitrogen and oxygen atoms in total. The van der Waals surface area contributed by atoms with Gasteiger partial charge < -0.3 is 10.1 Å². The number of sulfonamides is 1. The molecule has 104 valence electrons. The number of hydrogen-bond acceptors (Lipinski definition) is 4. The van der Waals surface area contributed by atoms with Gasteiger partial charge in [0, 0.05) is 19.7 Å². The highest BCUT2D eigenvalue weighted by Crippen LogP contribution is 2.20. The zero-order valence-electron chi connectivity index (χ0n) is 10.6. The minimum atomic E-state index is -3.29. The molecular weight excluding hydrogens is 256 g/mol. The predicted octanol–water partition coefficient (Wildman–Crippen LogP) is -0.294. The Labute approximate surface area is 108 Å². The van der Waals surface area contributed by atoms with Crippen molar-refractivity contribution < 1.29 is 17.9 Å². The van der Waals surface area contributed by atoms with Crippen LogP contribution in [0.3, 0.4) is 0 Å². The minimum Gasteiger partial charge on any atom is -0.376 e. The van der Waals surface area contributed by atoms with Crippen LogP contribution in [0.5, 0.6) is 0 Å². The molecule has 2 fully saturated rings. The zero-order valence-corrected chi connectivity index (χ0v) is 11.4. The van der Waals surface area contributed by atoms with Crippen molar-refractivity contribution in [3.63, 3.8) is 0 Å². The molecule has 0 unspecified atom stereocenters. The number of nitrogens with zero attached hydrogens (tertiary/aromatic N) is 1. The van der Waals surface area contributed by atoms with E-state index in [1.165, 1.54) is 4.31 Å². The van der Waals surface area contributed by atoms with Gasteiger partial charge in [0.05, 0.1) is 12.4 Å². The fraction of sp³-hybridized carbons (Fsp3) is 0.909. The molecular formula is C11H20N2O4S. The monoisotopic (exact) mass is 276 g/mol. The Bertz CT molecular complexity index is 403. The topological polar surface area (TPSA) is 75.7 Å². The molecule has 0 aromatic carbocycles. The van der Waals surface area contributed by atoms with Crippen LogP contribution in [0.15, 0.2) is 0 Å². The number of nitrogens with one attached hydrogen (secondary N) is 1. The standard InChI is InChI=1S/C11H20N2O4S/c1-18(15,16)13-6-2-5-10(13)11(14)12-8-9-4-3-7-17-9/h9-10H,2-8H2,1H3,(H,12,14)/t9-,10+/m0/s1. The first-order valence-corrected chi connectivity index (χ1v) is 8.19. The largest absolute Gasteiger partial charge is 0.376 e. The molecule has 18 heavy (non-hydrogen) atoms. The van der Waals surface area contributed by atoms with Gasteiger partial charge in [-0.25, -0.2) is 8.42 Å². The number of amides is 1. The summed E-state index contributed by atoms with van der Waals surface area (Å²) in [4.78, 5) is 12.0. The first kappa shape index (κ1) is 13.8. The second-order valence-electron chi connectivity index (χ2n) is 4.91. The van der Waals surface area contributed by atoms with Crippen LogP contribution in [0.2, 0.25) is 0 Å². The van der Waals surface area contributed by atoms with Crippen LogP contribution in [-0.2, 0) is 19.6 Å². The Morgan fingerprint density at radius 3 is 2.78 bits per heavy atom. The minimum absolute atomic E-state index is 0.0852. The maximum absolute atomic E-state index is 12.0. The molecule has 2 rings (SSSR count). The van der Waals surface area contributed by atoms with Gasteiger partial charge in [-0.15, -0.1) is 0 Å².